The van der Waals surface area contributed by atoms with Gasteiger partial charge < -0.3 is 5.11 Å². The summed E-state index contributed by atoms with van der Waals surface area (Å²) in [6.45, 7) is 2.97. The van der Waals surface area contributed by atoms with E-state index in [0.29, 0.717) is 26.1 Å². The molecule has 1 unspecified atom stereocenters. The summed E-state index contributed by atoms with van der Waals surface area (Å²) in [6.07, 6.45) is 0. The van der Waals surface area contributed by atoms with Crippen molar-refractivity contribution in [1.82, 2.24) is 0 Å². The summed E-state index contributed by atoms with van der Waals surface area (Å²) in [4.78, 5) is 9.00. The van der Waals surface area contributed by atoms with Gasteiger partial charge in [-0.05, 0) is 0 Å². The Kier molecular flexibility index (Phi) is 6.77. The molecule has 3 nitrogen and oxygen atoms in total. The Morgan fingerprint density at radius 2 is 1.80 bits per heavy atom. The number of carboxylic acids is 1. The van der Waals surface area contributed by atoms with Crippen LogP contribution in [0.15, 0.2) is 30.3 Å². The number of hydrogen-bond acceptors (Lipinski definition) is 2. The van der Waals surface area contributed by atoms with Crippen LogP contribution in [0.4, 0.5) is 0 Å². The summed E-state index contributed by atoms with van der Waals surface area (Å²) in [5, 5.41) is 17.3. The first kappa shape index (κ1) is 14.6. The molecular formula is C11H15HgO3. The molecule has 4 heteroatoms. The molecule has 0 aromatic heterocycles. The third kappa shape index (κ3) is 6.63. The van der Waals surface area contributed by atoms with Gasteiger partial charge >= 0.3 is 83.6 Å². The van der Waals surface area contributed by atoms with Gasteiger partial charge in [0.05, 0.1) is 0 Å². The van der Waals surface area contributed by atoms with Crippen LogP contribution in [0.25, 0.3) is 0 Å². The number of aliphatic carboxylic acids is 1. The SMILES string of the molecule is CC(=O)O.CC(O)([CH2][Hg])c1ccccc1. The molecule has 1 aromatic rings. The first-order valence-electron chi connectivity index (χ1n) is 4.67. The van der Waals surface area contributed by atoms with Gasteiger partial charge in [-0.15, -0.1) is 0 Å². The number of carboxylic acid groups (broad SMARTS) is 1. The van der Waals surface area contributed by atoms with E-state index >= 15 is 0 Å². The van der Waals surface area contributed by atoms with E-state index in [1.807, 2.05) is 37.3 Å². The molecule has 1 rings (SSSR count). The molecule has 0 fully saturated rings. The third-order valence-electron chi connectivity index (χ3n) is 1.88. The Morgan fingerprint density at radius 3 is 2.13 bits per heavy atom. The molecule has 1 atom stereocenters. The predicted octanol–water partition coefficient (Wildman–Crippen LogP) is 1.95. The second-order valence-corrected chi connectivity index (χ2v) is 5.35. The van der Waals surface area contributed by atoms with Crippen molar-refractivity contribution in [2.75, 3.05) is 0 Å². The predicted molar refractivity (Wildman–Crippen MR) is 54.1 cm³/mol. The van der Waals surface area contributed by atoms with Crippen LogP contribution in [0.1, 0.15) is 19.4 Å². The first-order valence-corrected chi connectivity index (χ1v) is 8.55. The zero-order valence-electron chi connectivity index (χ0n) is 9.10. The van der Waals surface area contributed by atoms with Crippen molar-refractivity contribution in [3.05, 3.63) is 35.9 Å². The van der Waals surface area contributed by atoms with Crippen molar-refractivity contribution in [3.8, 4) is 0 Å². The molecule has 0 spiro atoms. The van der Waals surface area contributed by atoms with Crippen molar-refractivity contribution >= 4 is 5.97 Å². The summed E-state index contributed by atoms with van der Waals surface area (Å²) >= 11 is 0.653. The van der Waals surface area contributed by atoms with Gasteiger partial charge in [-0.3, -0.25) is 4.79 Å². The fraction of sp³-hybridized carbons (Fsp3) is 0.364. The Balaban J connectivity index is 0.000000423. The van der Waals surface area contributed by atoms with Gasteiger partial charge in [0.2, 0.25) is 0 Å². The number of hydrogen-bond donors (Lipinski definition) is 2. The van der Waals surface area contributed by atoms with Crippen LogP contribution in [0.2, 0.25) is 3.93 Å². The normalized spacial score (nSPS) is 13.4. The Morgan fingerprint density at radius 1 is 1.40 bits per heavy atom. The standard InChI is InChI=1S/C9H11O.C2H4O2.Hg/c1-9(2,10)8-6-4-3-5-7-8;1-2(3)4;/h3-7,10H,1H2,2H3;1H3,(H,3,4);. The molecule has 2 N–H and O–H groups in total. The molecular weight excluding hydrogens is 381 g/mol. The Hall–Kier alpha value is -0.415. The monoisotopic (exact) mass is 397 g/mol. The van der Waals surface area contributed by atoms with Gasteiger partial charge in [-0.25, -0.2) is 0 Å². The fourth-order valence-electron chi connectivity index (χ4n) is 0.942. The average Bonchev–Trinajstić information content (AvgIpc) is 2.18. The zero-order chi connectivity index (χ0) is 11.9. The summed E-state index contributed by atoms with van der Waals surface area (Å²) in [7, 11) is 0. The maximum atomic E-state index is 9.84. The molecule has 0 aliphatic rings. The van der Waals surface area contributed by atoms with Crippen molar-refractivity contribution < 1.29 is 41.1 Å². The molecule has 15 heavy (non-hydrogen) atoms. The van der Waals surface area contributed by atoms with Crippen LogP contribution in [0.3, 0.4) is 0 Å². The van der Waals surface area contributed by atoms with E-state index in [4.69, 9.17) is 9.90 Å². The van der Waals surface area contributed by atoms with E-state index in [9.17, 15) is 5.11 Å². The number of carbonyl (C=O) groups is 1. The van der Waals surface area contributed by atoms with Gasteiger partial charge in [0.15, 0.2) is 0 Å². The summed E-state index contributed by atoms with van der Waals surface area (Å²) < 4.78 is 0.941. The molecule has 0 saturated carbocycles. The van der Waals surface area contributed by atoms with Crippen molar-refractivity contribution in [3.63, 3.8) is 0 Å². The van der Waals surface area contributed by atoms with Crippen molar-refractivity contribution in [2.45, 2.75) is 23.4 Å². The Bertz CT molecular complexity index is 292. The van der Waals surface area contributed by atoms with Crippen LogP contribution in [0, 0.1) is 0 Å². The fourth-order valence-corrected chi connectivity index (χ4v) is 2.06. The van der Waals surface area contributed by atoms with Crippen LogP contribution < -0.4 is 0 Å². The molecule has 0 aliphatic heterocycles. The quantitative estimate of drug-likeness (QED) is 0.753. The minimum atomic E-state index is -0.833. The van der Waals surface area contributed by atoms with E-state index < -0.39 is 11.6 Å². The van der Waals surface area contributed by atoms with Crippen molar-refractivity contribution in [2.24, 2.45) is 0 Å². The molecule has 0 aliphatic carbocycles. The molecule has 0 bridgehead atoms. The van der Waals surface area contributed by atoms with E-state index in [-0.39, 0.29) is 0 Å². The van der Waals surface area contributed by atoms with Crippen LogP contribution in [0.5, 0.6) is 0 Å². The van der Waals surface area contributed by atoms with Crippen molar-refractivity contribution in [1.29, 1.82) is 0 Å². The number of benzene rings is 1. The zero-order valence-corrected chi connectivity index (χ0v) is 14.6. The van der Waals surface area contributed by atoms with Gasteiger partial charge in [0, 0.05) is 6.92 Å². The number of aliphatic hydroxyl groups is 1. The topological polar surface area (TPSA) is 57.5 Å². The van der Waals surface area contributed by atoms with Gasteiger partial charge in [-0.1, -0.05) is 0 Å². The molecule has 1 aromatic carbocycles. The van der Waals surface area contributed by atoms with E-state index in [1.165, 1.54) is 0 Å². The first-order chi connectivity index (χ1) is 6.90. The molecule has 79 valence electrons. The average molecular weight is 396 g/mol. The minimum absolute atomic E-state index is 0.579. The molecule has 0 amide bonds. The second-order valence-electron chi connectivity index (χ2n) is 3.41. The van der Waals surface area contributed by atoms with Crippen LogP contribution >= 0.6 is 0 Å². The molecule has 0 heterocycles. The summed E-state index contributed by atoms with van der Waals surface area (Å²) in [6, 6.07) is 9.86. The summed E-state index contributed by atoms with van der Waals surface area (Å²) in [5.41, 5.74) is 0.458. The van der Waals surface area contributed by atoms with Gasteiger partial charge in [-0.2, -0.15) is 0 Å². The maximum absolute atomic E-state index is 9.84. The Labute approximate surface area is 106 Å². The van der Waals surface area contributed by atoms with Gasteiger partial charge in [0.25, 0.3) is 5.97 Å². The summed E-state index contributed by atoms with van der Waals surface area (Å²) in [5.74, 6) is -0.833. The van der Waals surface area contributed by atoms with E-state index in [1.54, 1.807) is 0 Å². The van der Waals surface area contributed by atoms with Gasteiger partial charge in [0.1, 0.15) is 0 Å². The molecule has 0 saturated heterocycles. The van der Waals surface area contributed by atoms with E-state index in [2.05, 4.69) is 0 Å². The van der Waals surface area contributed by atoms with Crippen LogP contribution in [-0.4, -0.2) is 16.2 Å². The third-order valence-corrected chi connectivity index (χ3v) is 5.67. The molecule has 0 radical (unpaired) electrons. The van der Waals surface area contributed by atoms with Crippen LogP contribution in [-0.2, 0) is 36.5 Å². The number of rotatable bonds is 2. The van der Waals surface area contributed by atoms with E-state index in [0.717, 1.165) is 16.4 Å². The second kappa shape index (κ2) is 6.96.